The predicted molar refractivity (Wildman–Crippen MR) is 78.5 cm³/mol. The third-order valence-corrected chi connectivity index (χ3v) is 3.13. The summed E-state index contributed by atoms with van der Waals surface area (Å²) in [6.45, 7) is 1.74. The monoisotopic (exact) mass is 408 g/mol. The van der Waals surface area contributed by atoms with Gasteiger partial charge in [-0.2, -0.15) is 0 Å². The molecule has 1 aromatic rings. The molecule has 0 amide bonds. The number of aliphatic carboxylic acids is 1. The molecule has 1 atom stereocenters. The number of Topliss-reactive ketones (excluding diaryl/α,β-unsaturated/α-hetero) is 1. The zero-order valence-electron chi connectivity index (χ0n) is 8.98. The first-order chi connectivity index (χ1) is 7.91. The highest BCUT2D eigenvalue weighted by molar-refractivity contribution is 14.1. The van der Waals surface area contributed by atoms with Gasteiger partial charge >= 0.3 is 5.97 Å². The average molecular weight is 409 g/mol. The molecule has 0 aromatic heterocycles. The van der Waals surface area contributed by atoms with Crippen molar-refractivity contribution in [2.75, 3.05) is 0 Å². The minimum absolute atomic E-state index is 0.0615. The SMILES string of the molecule is CC(Br)C(=O)c1cc(I)ccc1C=CC(=O)O. The smallest absolute Gasteiger partial charge is 0.328 e. The zero-order valence-corrected chi connectivity index (χ0v) is 12.7. The molecular weight excluding hydrogens is 399 g/mol. The molecule has 0 spiro atoms. The summed E-state index contributed by atoms with van der Waals surface area (Å²) in [5, 5.41) is 8.59. The van der Waals surface area contributed by atoms with Crippen molar-refractivity contribution in [2.45, 2.75) is 11.8 Å². The largest absolute Gasteiger partial charge is 0.478 e. The quantitative estimate of drug-likeness (QED) is 0.359. The summed E-state index contributed by atoms with van der Waals surface area (Å²) in [4.78, 5) is 22.1. The van der Waals surface area contributed by atoms with Crippen LogP contribution in [0, 0.1) is 3.57 Å². The Morgan fingerprint density at radius 3 is 2.65 bits per heavy atom. The van der Waals surface area contributed by atoms with Crippen molar-refractivity contribution in [3.05, 3.63) is 39.0 Å². The van der Waals surface area contributed by atoms with Gasteiger partial charge < -0.3 is 5.11 Å². The van der Waals surface area contributed by atoms with E-state index in [4.69, 9.17) is 5.11 Å². The molecule has 0 aliphatic rings. The van der Waals surface area contributed by atoms with Crippen LogP contribution in [-0.2, 0) is 4.79 Å². The summed E-state index contributed by atoms with van der Waals surface area (Å²) in [5.41, 5.74) is 1.14. The third kappa shape index (κ3) is 4.23. The summed E-state index contributed by atoms with van der Waals surface area (Å²) in [6.07, 6.45) is 2.46. The predicted octanol–water partition coefficient (Wildman–Crippen LogP) is 3.36. The fourth-order valence-electron chi connectivity index (χ4n) is 1.26. The topological polar surface area (TPSA) is 54.4 Å². The maximum absolute atomic E-state index is 11.9. The van der Waals surface area contributed by atoms with Gasteiger partial charge in [0.15, 0.2) is 5.78 Å². The third-order valence-electron chi connectivity index (χ3n) is 2.05. The minimum Gasteiger partial charge on any atom is -0.478 e. The molecule has 0 radical (unpaired) electrons. The van der Waals surface area contributed by atoms with Gasteiger partial charge in [-0.1, -0.05) is 22.0 Å². The Balaban J connectivity index is 3.21. The Morgan fingerprint density at radius 2 is 2.12 bits per heavy atom. The Kier molecular flexibility index (Phi) is 5.32. The van der Waals surface area contributed by atoms with E-state index in [1.807, 2.05) is 6.07 Å². The Bertz CT molecular complexity index is 481. The molecule has 1 aromatic carbocycles. The number of carbonyl (C=O) groups is 2. The molecular formula is C12H10BrIO3. The van der Waals surface area contributed by atoms with E-state index in [2.05, 4.69) is 38.5 Å². The molecule has 1 rings (SSSR count). The molecule has 90 valence electrons. The molecule has 0 aliphatic carbocycles. The molecule has 17 heavy (non-hydrogen) atoms. The van der Waals surface area contributed by atoms with Crippen molar-refractivity contribution in [2.24, 2.45) is 0 Å². The van der Waals surface area contributed by atoms with Gasteiger partial charge in [0.25, 0.3) is 0 Å². The Morgan fingerprint density at radius 1 is 1.47 bits per heavy atom. The van der Waals surface area contributed by atoms with E-state index in [1.54, 1.807) is 19.1 Å². The highest BCUT2D eigenvalue weighted by Crippen LogP contribution is 2.19. The standard InChI is InChI=1S/C12H10BrIO3/c1-7(13)12(17)10-6-9(14)4-2-8(10)3-5-11(15)16/h2-7H,1H3,(H,15,16). The van der Waals surface area contributed by atoms with Crippen molar-refractivity contribution in [3.8, 4) is 0 Å². The van der Waals surface area contributed by atoms with E-state index in [9.17, 15) is 9.59 Å². The molecule has 0 saturated carbocycles. The van der Waals surface area contributed by atoms with Gasteiger partial charge in [-0.25, -0.2) is 4.79 Å². The van der Waals surface area contributed by atoms with E-state index < -0.39 is 5.97 Å². The van der Waals surface area contributed by atoms with Crippen LogP contribution < -0.4 is 0 Å². The minimum atomic E-state index is -1.03. The van der Waals surface area contributed by atoms with Crippen molar-refractivity contribution >= 4 is 56.3 Å². The van der Waals surface area contributed by atoms with Crippen LogP contribution in [0.2, 0.25) is 0 Å². The maximum Gasteiger partial charge on any atom is 0.328 e. The van der Waals surface area contributed by atoms with E-state index in [0.717, 1.165) is 9.65 Å². The lowest BCUT2D eigenvalue weighted by Gasteiger charge is -2.07. The van der Waals surface area contributed by atoms with Crippen molar-refractivity contribution in [1.29, 1.82) is 0 Å². The summed E-state index contributed by atoms with van der Waals surface area (Å²) in [6, 6.07) is 5.32. The van der Waals surface area contributed by atoms with Gasteiger partial charge in [-0.15, -0.1) is 0 Å². The van der Waals surface area contributed by atoms with E-state index in [1.165, 1.54) is 6.08 Å². The summed E-state index contributed by atoms with van der Waals surface area (Å²) in [7, 11) is 0. The lowest BCUT2D eigenvalue weighted by Crippen LogP contribution is -2.11. The normalized spacial score (nSPS) is 12.6. The molecule has 0 heterocycles. The van der Waals surface area contributed by atoms with E-state index in [0.29, 0.717) is 11.1 Å². The first kappa shape index (κ1) is 14.4. The highest BCUT2D eigenvalue weighted by atomic mass is 127. The van der Waals surface area contributed by atoms with Crippen molar-refractivity contribution in [3.63, 3.8) is 0 Å². The number of hydrogen-bond acceptors (Lipinski definition) is 2. The fourth-order valence-corrected chi connectivity index (χ4v) is 2.00. The number of hydrogen-bond donors (Lipinski definition) is 1. The van der Waals surface area contributed by atoms with E-state index in [-0.39, 0.29) is 10.6 Å². The Labute approximate surface area is 121 Å². The maximum atomic E-state index is 11.9. The fraction of sp³-hybridized carbons (Fsp3) is 0.167. The average Bonchev–Trinajstić information content (AvgIpc) is 2.26. The summed E-state index contributed by atoms with van der Waals surface area (Å²) in [5.74, 6) is -1.10. The van der Waals surface area contributed by atoms with Gasteiger partial charge in [0, 0.05) is 15.2 Å². The molecule has 3 nitrogen and oxygen atoms in total. The lowest BCUT2D eigenvalue weighted by atomic mass is 10.0. The van der Waals surface area contributed by atoms with Crippen LogP contribution in [0.5, 0.6) is 0 Å². The number of rotatable bonds is 4. The van der Waals surface area contributed by atoms with Gasteiger partial charge in [0.05, 0.1) is 4.83 Å². The molecule has 5 heteroatoms. The molecule has 1 N–H and O–H groups in total. The van der Waals surface area contributed by atoms with Crippen LogP contribution >= 0.6 is 38.5 Å². The molecule has 0 aliphatic heterocycles. The number of alkyl halides is 1. The molecule has 1 unspecified atom stereocenters. The lowest BCUT2D eigenvalue weighted by molar-refractivity contribution is -0.131. The second kappa shape index (κ2) is 6.30. The zero-order chi connectivity index (χ0) is 13.0. The second-order valence-electron chi connectivity index (χ2n) is 3.38. The molecule has 0 saturated heterocycles. The number of carboxylic acid groups (broad SMARTS) is 1. The van der Waals surface area contributed by atoms with Gasteiger partial charge in [-0.3, -0.25) is 4.79 Å². The van der Waals surface area contributed by atoms with Crippen molar-refractivity contribution in [1.82, 2.24) is 0 Å². The van der Waals surface area contributed by atoms with Gasteiger partial charge in [0.1, 0.15) is 0 Å². The number of carboxylic acids is 1. The highest BCUT2D eigenvalue weighted by Gasteiger charge is 2.15. The first-order valence-electron chi connectivity index (χ1n) is 4.80. The summed E-state index contributed by atoms with van der Waals surface area (Å²) >= 11 is 5.34. The van der Waals surface area contributed by atoms with Crippen LogP contribution in [0.3, 0.4) is 0 Å². The Hall–Kier alpha value is -0.690. The number of carbonyl (C=O) groups excluding carboxylic acids is 1. The van der Waals surface area contributed by atoms with Gasteiger partial charge in [0.2, 0.25) is 0 Å². The van der Waals surface area contributed by atoms with Crippen LogP contribution in [-0.4, -0.2) is 21.7 Å². The number of ketones is 1. The van der Waals surface area contributed by atoms with Crippen LogP contribution in [0.15, 0.2) is 24.3 Å². The van der Waals surface area contributed by atoms with Crippen LogP contribution in [0.1, 0.15) is 22.8 Å². The van der Waals surface area contributed by atoms with Crippen molar-refractivity contribution < 1.29 is 14.7 Å². The van der Waals surface area contributed by atoms with E-state index >= 15 is 0 Å². The first-order valence-corrected chi connectivity index (χ1v) is 6.80. The van der Waals surface area contributed by atoms with Gasteiger partial charge in [-0.05, 0) is 53.3 Å². The second-order valence-corrected chi connectivity index (χ2v) is 6.00. The number of halogens is 2. The number of benzene rings is 1. The molecule has 0 bridgehead atoms. The van der Waals surface area contributed by atoms with Crippen LogP contribution in [0.4, 0.5) is 0 Å². The van der Waals surface area contributed by atoms with Crippen LogP contribution in [0.25, 0.3) is 6.08 Å². The molecule has 0 fully saturated rings. The summed E-state index contributed by atoms with van der Waals surface area (Å²) < 4.78 is 0.937.